The Balaban J connectivity index is 4.40. The predicted octanol–water partition coefficient (Wildman–Crippen LogP) is 17.3. The second-order valence-electron chi connectivity index (χ2n) is 17.5. The molecule has 0 rings (SSSR count). The fraction of sp³-hybridized carbons (Fsp3) is 0.768. The first kappa shape index (κ1) is 59.1. The molecule has 1 unspecified atom stereocenters. The molecular weight excluding hydrogens is 769 g/mol. The average molecular weight is 867 g/mol. The summed E-state index contributed by atoms with van der Waals surface area (Å²) in [5.74, 6) is -0.917. The summed E-state index contributed by atoms with van der Waals surface area (Å²) in [7, 11) is 0. The van der Waals surface area contributed by atoms with E-state index >= 15 is 0 Å². The van der Waals surface area contributed by atoms with Crippen LogP contribution in [0, 0.1) is 0 Å². The highest BCUT2D eigenvalue weighted by atomic mass is 16.6. The van der Waals surface area contributed by atoms with Crippen molar-refractivity contribution in [3.8, 4) is 0 Å². The molecule has 0 heterocycles. The minimum absolute atomic E-state index is 0.0869. The average Bonchev–Trinajstić information content (AvgIpc) is 3.27. The molecule has 0 saturated heterocycles. The van der Waals surface area contributed by atoms with E-state index < -0.39 is 6.10 Å². The van der Waals surface area contributed by atoms with Gasteiger partial charge in [-0.3, -0.25) is 14.4 Å². The molecule has 6 heteroatoms. The maximum Gasteiger partial charge on any atom is 0.306 e. The quantitative estimate of drug-likeness (QED) is 0.0199. The summed E-state index contributed by atoms with van der Waals surface area (Å²) in [5, 5.41) is 0. The molecule has 0 aromatic rings. The zero-order valence-electron chi connectivity index (χ0n) is 40.9. The number of hydrogen-bond acceptors (Lipinski definition) is 6. The molecule has 0 bridgehead atoms. The molecule has 6 nitrogen and oxygen atoms in total. The molecule has 0 radical (unpaired) electrons. The molecule has 0 aliphatic carbocycles. The molecule has 0 saturated carbocycles. The fourth-order valence-corrected chi connectivity index (χ4v) is 7.24. The standard InChI is InChI=1S/C56H98O6/c1-4-7-10-13-16-19-22-24-26-27-28-30-31-34-37-40-43-46-49-55(58)61-52-53(51-60-54(57)48-45-42-39-36-33-21-18-15-12-9-6-3)62-56(59)50-47-44-41-38-35-32-29-25-23-20-17-14-11-8-5-2/h15,18,20,22-24,26-28,30,53H,4-14,16-17,19,21,25,29,31-52H2,1-3H3/b18-15-,23-20-,24-22-,27-26-,30-28-. The van der Waals surface area contributed by atoms with Crippen LogP contribution in [0.1, 0.15) is 258 Å². The van der Waals surface area contributed by atoms with Crippen LogP contribution in [0.3, 0.4) is 0 Å². The minimum Gasteiger partial charge on any atom is -0.462 e. The highest BCUT2D eigenvalue weighted by molar-refractivity contribution is 5.71. The van der Waals surface area contributed by atoms with Gasteiger partial charge in [0.05, 0.1) is 0 Å². The highest BCUT2D eigenvalue weighted by Gasteiger charge is 2.19. The molecule has 0 aliphatic rings. The van der Waals surface area contributed by atoms with Crippen LogP contribution in [0.25, 0.3) is 0 Å². The lowest BCUT2D eigenvalue weighted by molar-refractivity contribution is -0.167. The lowest BCUT2D eigenvalue weighted by Gasteiger charge is -2.18. The molecule has 62 heavy (non-hydrogen) atoms. The fourth-order valence-electron chi connectivity index (χ4n) is 7.24. The van der Waals surface area contributed by atoms with E-state index in [1.54, 1.807) is 0 Å². The van der Waals surface area contributed by atoms with Crippen molar-refractivity contribution >= 4 is 17.9 Å². The summed E-state index contributed by atoms with van der Waals surface area (Å²) in [6, 6.07) is 0. The zero-order chi connectivity index (χ0) is 45.1. The first-order valence-corrected chi connectivity index (χ1v) is 26.3. The molecule has 0 spiro atoms. The van der Waals surface area contributed by atoms with Gasteiger partial charge < -0.3 is 14.2 Å². The highest BCUT2D eigenvalue weighted by Crippen LogP contribution is 2.14. The third kappa shape index (κ3) is 48.1. The van der Waals surface area contributed by atoms with Crippen LogP contribution in [0.15, 0.2) is 60.8 Å². The van der Waals surface area contributed by atoms with Crippen molar-refractivity contribution in [2.75, 3.05) is 13.2 Å². The van der Waals surface area contributed by atoms with Gasteiger partial charge in [-0.1, -0.05) is 210 Å². The summed E-state index contributed by atoms with van der Waals surface area (Å²) in [6.07, 6.45) is 62.0. The van der Waals surface area contributed by atoms with Gasteiger partial charge >= 0.3 is 17.9 Å². The second-order valence-corrected chi connectivity index (χ2v) is 17.5. The third-order valence-electron chi connectivity index (χ3n) is 11.3. The van der Waals surface area contributed by atoms with Crippen molar-refractivity contribution in [2.24, 2.45) is 0 Å². The van der Waals surface area contributed by atoms with Gasteiger partial charge in [0.25, 0.3) is 0 Å². The van der Waals surface area contributed by atoms with Crippen molar-refractivity contribution in [1.29, 1.82) is 0 Å². The number of allylic oxidation sites excluding steroid dienone is 10. The predicted molar refractivity (Wildman–Crippen MR) is 265 cm³/mol. The lowest BCUT2D eigenvalue weighted by atomic mass is 10.1. The van der Waals surface area contributed by atoms with Gasteiger partial charge in [-0.2, -0.15) is 0 Å². The first-order valence-electron chi connectivity index (χ1n) is 26.3. The number of ether oxygens (including phenoxy) is 3. The van der Waals surface area contributed by atoms with E-state index in [9.17, 15) is 14.4 Å². The topological polar surface area (TPSA) is 78.9 Å². The number of esters is 3. The Kier molecular flexibility index (Phi) is 48.4. The number of hydrogen-bond donors (Lipinski definition) is 0. The number of rotatable bonds is 47. The Morgan fingerprint density at radius 3 is 1.00 bits per heavy atom. The number of carbonyl (C=O) groups excluding carboxylic acids is 3. The summed E-state index contributed by atoms with van der Waals surface area (Å²) >= 11 is 0. The Hall–Kier alpha value is -2.89. The van der Waals surface area contributed by atoms with Gasteiger partial charge in [-0.05, 0) is 89.9 Å². The van der Waals surface area contributed by atoms with Crippen LogP contribution < -0.4 is 0 Å². The SMILES string of the molecule is CCCC/C=C\CCCCCCCC(=O)OCC(COC(=O)CCCCCCC\C=C/C=C\C=C/CCCCCCC)OC(=O)CCCCCCCCC/C=C\CCCCCC. The zero-order valence-corrected chi connectivity index (χ0v) is 40.9. The normalized spacial score (nSPS) is 12.5. The molecule has 1 atom stereocenters. The maximum absolute atomic E-state index is 12.8. The Bertz CT molecular complexity index is 1130. The monoisotopic (exact) mass is 867 g/mol. The van der Waals surface area contributed by atoms with E-state index in [2.05, 4.69) is 81.5 Å². The van der Waals surface area contributed by atoms with E-state index in [0.717, 1.165) is 83.5 Å². The van der Waals surface area contributed by atoms with Gasteiger partial charge in [-0.15, -0.1) is 0 Å². The lowest BCUT2D eigenvalue weighted by Crippen LogP contribution is -2.30. The van der Waals surface area contributed by atoms with Crippen molar-refractivity contribution in [1.82, 2.24) is 0 Å². The van der Waals surface area contributed by atoms with Crippen molar-refractivity contribution < 1.29 is 28.6 Å². The number of unbranched alkanes of at least 4 members (excludes halogenated alkanes) is 28. The van der Waals surface area contributed by atoms with Crippen LogP contribution in [-0.2, 0) is 28.6 Å². The van der Waals surface area contributed by atoms with E-state index in [1.165, 1.54) is 135 Å². The molecule has 0 amide bonds. The van der Waals surface area contributed by atoms with Gasteiger partial charge in [-0.25, -0.2) is 0 Å². The molecule has 0 aromatic carbocycles. The van der Waals surface area contributed by atoms with E-state index in [1.807, 2.05) is 0 Å². The molecule has 358 valence electrons. The van der Waals surface area contributed by atoms with Gasteiger partial charge in [0, 0.05) is 19.3 Å². The summed E-state index contributed by atoms with van der Waals surface area (Å²) in [5.41, 5.74) is 0. The smallest absolute Gasteiger partial charge is 0.306 e. The summed E-state index contributed by atoms with van der Waals surface area (Å²) < 4.78 is 16.8. The van der Waals surface area contributed by atoms with E-state index in [-0.39, 0.29) is 31.1 Å². The maximum atomic E-state index is 12.8. The van der Waals surface area contributed by atoms with Crippen molar-refractivity contribution in [2.45, 2.75) is 264 Å². The van der Waals surface area contributed by atoms with Crippen LogP contribution >= 0.6 is 0 Å². The Labute approximate surface area is 383 Å². The molecule has 0 aliphatic heterocycles. The largest absolute Gasteiger partial charge is 0.462 e. The summed E-state index contributed by atoms with van der Waals surface area (Å²) in [6.45, 7) is 6.55. The van der Waals surface area contributed by atoms with Crippen LogP contribution in [-0.4, -0.2) is 37.2 Å². The minimum atomic E-state index is -0.787. The van der Waals surface area contributed by atoms with Crippen molar-refractivity contribution in [3.63, 3.8) is 0 Å². The Morgan fingerprint density at radius 1 is 0.323 bits per heavy atom. The third-order valence-corrected chi connectivity index (χ3v) is 11.3. The second kappa shape index (κ2) is 50.8. The molecule has 0 N–H and O–H groups in total. The first-order chi connectivity index (χ1) is 30.5. The Morgan fingerprint density at radius 2 is 0.613 bits per heavy atom. The molecular formula is C56H98O6. The molecule has 0 fully saturated rings. The summed E-state index contributed by atoms with van der Waals surface area (Å²) in [4.78, 5) is 38.0. The van der Waals surface area contributed by atoms with Crippen LogP contribution in [0.2, 0.25) is 0 Å². The van der Waals surface area contributed by atoms with Crippen molar-refractivity contribution in [3.05, 3.63) is 60.8 Å². The van der Waals surface area contributed by atoms with Crippen LogP contribution in [0.5, 0.6) is 0 Å². The van der Waals surface area contributed by atoms with Crippen LogP contribution in [0.4, 0.5) is 0 Å². The van der Waals surface area contributed by atoms with E-state index in [4.69, 9.17) is 14.2 Å². The van der Waals surface area contributed by atoms with E-state index in [0.29, 0.717) is 19.3 Å². The van der Waals surface area contributed by atoms with Gasteiger partial charge in [0.2, 0.25) is 0 Å². The van der Waals surface area contributed by atoms with Gasteiger partial charge in [0.1, 0.15) is 13.2 Å². The number of carbonyl (C=O) groups is 3. The molecule has 0 aromatic heterocycles. The van der Waals surface area contributed by atoms with Gasteiger partial charge in [0.15, 0.2) is 6.10 Å².